The summed E-state index contributed by atoms with van der Waals surface area (Å²) in [5.41, 5.74) is 7.41. The average molecular weight is 271 g/mol. The number of nitrogen functional groups attached to an aromatic ring is 1. The Labute approximate surface area is 112 Å². The number of aliphatic hydroxyl groups excluding tert-OH is 1. The lowest BCUT2D eigenvalue weighted by Crippen LogP contribution is -2.48. The van der Waals surface area contributed by atoms with Crippen LogP contribution in [-0.2, 0) is 11.3 Å². The quantitative estimate of drug-likeness (QED) is 0.818. The highest BCUT2D eigenvalue weighted by atomic mass is 35.5. The summed E-state index contributed by atoms with van der Waals surface area (Å²) in [6.07, 6.45) is -0.103. The third-order valence-electron chi connectivity index (χ3n) is 3.29. The summed E-state index contributed by atoms with van der Waals surface area (Å²) < 4.78 is 5.51. The van der Waals surface area contributed by atoms with Gasteiger partial charge in [-0.05, 0) is 24.6 Å². The minimum atomic E-state index is -0.103. The van der Waals surface area contributed by atoms with Gasteiger partial charge in [-0.1, -0.05) is 17.7 Å². The van der Waals surface area contributed by atoms with Crippen LogP contribution < -0.4 is 5.73 Å². The van der Waals surface area contributed by atoms with Crippen molar-refractivity contribution in [3.8, 4) is 0 Å². The highest BCUT2D eigenvalue weighted by Crippen LogP contribution is 2.23. The molecule has 1 fully saturated rings. The van der Waals surface area contributed by atoms with E-state index in [1.807, 2.05) is 12.1 Å². The fourth-order valence-corrected chi connectivity index (χ4v) is 2.37. The van der Waals surface area contributed by atoms with Gasteiger partial charge < -0.3 is 15.6 Å². The molecule has 2 atom stereocenters. The van der Waals surface area contributed by atoms with Crippen molar-refractivity contribution in [1.82, 2.24) is 4.90 Å². The van der Waals surface area contributed by atoms with E-state index in [1.165, 1.54) is 0 Å². The van der Waals surface area contributed by atoms with Crippen molar-refractivity contribution in [2.24, 2.45) is 0 Å². The zero-order valence-corrected chi connectivity index (χ0v) is 11.2. The molecular weight excluding hydrogens is 252 g/mol. The molecule has 100 valence electrons. The third-order valence-corrected chi connectivity index (χ3v) is 3.64. The van der Waals surface area contributed by atoms with Gasteiger partial charge in [0.25, 0.3) is 0 Å². The first-order valence-corrected chi connectivity index (χ1v) is 6.48. The Balaban J connectivity index is 2.07. The van der Waals surface area contributed by atoms with Crippen LogP contribution in [0.2, 0.25) is 5.02 Å². The summed E-state index contributed by atoms with van der Waals surface area (Å²) in [6, 6.07) is 5.90. The molecule has 1 aliphatic rings. The predicted molar refractivity (Wildman–Crippen MR) is 72.6 cm³/mol. The van der Waals surface area contributed by atoms with Crippen LogP contribution in [-0.4, -0.2) is 41.9 Å². The first-order valence-electron chi connectivity index (χ1n) is 6.10. The molecule has 1 aliphatic heterocycles. The predicted octanol–water partition coefficient (Wildman–Crippen LogP) is 1.50. The number of rotatable bonds is 3. The molecule has 0 spiro atoms. The summed E-state index contributed by atoms with van der Waals surface area (Å²) in [5.74, 6) is 0. The summed E-state index contributed by atoms with van der Waals surface area (Å²) in [4.78, 5) is 2.27. The lowest BCUT2D eigenvalue weighted by Gasteiger charge is -2.37. The van der Waals surface area contributed by atoms with Crippen LogP contribution in [0.5, 0.6) is 0 Å². The van der Waals surface area contributed by atoms with Gasteiger partial charge in [0.1, 0.15) is 0 Å². The Hall–Kier alpha value is -0.810. The molecule has 0 radical (unpaired) electrons. The molecule has 0 saturated carbocycles. The summed E-state index contributed by atoms with van der Waals surface area (Å²) in [5, 5.41) is 9.85. The largest absolute Gasteiger partial charge is 0.399 e. The van der Waals surface area contributed by atoms with Gasteiger partial charge in [0.05, 0.1) is 19.3 Å². The number of halogens is 1. The van der Waals surface area contributed by atoms with Crippen molar-refractivity contribution < 1.29 is 9.84 Å². The number of nitrogens with two attached hydrogens (primary N) is 1. The molecule has 0 aliphatic carbocycles. The van der Waals surface area contributed by atoms with E-state index in [1.54, 1.807) is 6.07 Å². The van der Waals surface area contributed by atoms with E-state index in [0.29, 0.717) is 23.4 Å². The molecule has 1 heterocycles. The standard InChI is InChI=1S/C13H19ClN2O2/c1-9-8-18-12(7-17)6-16(9)5-10-2-3-11(15)4-13(10)14/h2-4,9,12,17H,5-8,15H2,1H3. The average Bonchev–Trinajstić information content (AvgIpc) is 2.35. The number of aliphatic hydroxyl groups is 1. The van der Waals surface area contributed by atoms with Crippen molar-refractivity contribution in [3.05, 3.63) is 28.8 Å². The second kappa shape index (κ2) is 5.89. The lowest BCUT2D eigenvalue weighted by atomic mass is 10.1. The summed E-state index contributed by atoms with van der Waals surface area (Å²) >= 11 is 6.18. The summed E-state index contributed by atoms with van der Waals surface area (Å²) in [7, 11) is 0. The molecule has 0 bridgehead atoms. The maximum absolute atomic E-state index is 9.16. The number of hydrogen-bond donors (Lipinski definition) is 2. The van der Waals surface area contributed by atoms with E-state index in [0.717, 1.165) is 18.7 Å². The minimum Gasteiger partial charge on any atom is -0.399 e. The lowest BCUT2D eigenvalue weighted by molar-refractivity contribution is -0.0805. The smallest absolute Gasteiger partial charge is 0.0933 e. The van der Waals surface area contributed by atoms with Gasteiger partial charge >= 0.3 is 0 Å². The summed E-state index contributed by atoms with van der Waals surface area (Å²) in [6.45, 7) is 4.27. The van der Waals surface area contributed by atoms with Crippen molar-refractivity contribution in [3.63, 3.8) is 0 Å². The monoisotopic (exact) mass is 270 g/mol. The Morgan fingerprint density at radius 2 is 2.33 bits per heavy atom. The third kappa shape index (κ3) is 3.14. The van der Waals surface area contributed by atoms with Crippen molar-refractivity contribution in [2.45, 2.75) is 25.6 Å². The van der Waals surface area contributed by atoms with Gasteiger partial charge in [0, 0.05) is 29.8 Å². The Morgan fingerprint density at radius 1 is 1.56 bits per heavy atom. The zero-order valence-electron chi connectivity index (χ0n) is 10.5. The van der Waals surface area contributed by atoms with Gasteiger partial charge in [-0.15, -0.1) is 0 Å². The Morgan fingerprint density at radius 3 is 3.00 bits per heavy atom. The molecule has 0 amide bonds. The maximum Gasteiger partial charge on any atom is 0.0933 e. The first kappa shape index (κ1) is 13.6. The highest BCUT2D eigenvalue weighted by molar-refractivity contribution is 6.31. The molecule has 1 aromatic rings. The molecule has 0 aromatic heterocycles. The van der Waals surface area contributed by atoms with E-state index < -0.39 is 0 Å². The van der Waals surface area contributed by atoms with E-state index in [2.05, 4.69) is 11.8 Å². The van der Waals surface area contributed by atoms with Crippen LogP contribution >= 0.6 is 11.6 Å². The van der Waals surface area contributed by atoms with Crippen LogP contribution in [0.1, 0.15) is 12.5 Å². The van der Waals surface area contributed by atoms with E-state index >= 15 is 0 Å². The van der Waals surface area contributed by atoms with Gasteiger partial charge in [0.15, 0.2) is 0 Å². The number of nitrogens with zero attached hydrogens (tertiary/aromatic N) is 1. The Kier molecular flexibility index (Phi) is 4.45. The van der Waals surface area contributed by atoms with Crippen LogP contribution in [0.3, 0.4) is 0 Å². The van der Waals surface area contributed by atoms with Crippen molar-refractivity contribution in [2.75, 3.05) is 25.5 Å². The van der Waals surface area contributed by atoms with Gasteiger partial charge in [-0.3, -0.25) is 4.90 Å². The molecule has 5 heteroatoms. The second-order valence-corrected chi connectivity index (χ2v) is 5.17. The molecular formula is C13H19ClN2O2. The van der Waals surface area contributed by atoms with Crippen LogP contribution in [0.25, 0.3) is 0 Å². The fourth-order valence-electron chi connectivity index (χ4n) is 2.12. The molecule has 1 aromatic carbocycles. The normalized spacial score (nSPS) is 25.3. The minimum absolute atomic E-state index is 0.0543. The SMILES string of the molecule is CC1COC(CO)CN1Cc1ccc(N)cc1Cl. The van der Waals surface area contributed by atoms with Gasteiger partial charge in [0.2, 0.25) is 0 Å². The first-order chi connectivity index (χ1) is 8.60. The molecule has 3 N–H and O–H groups in total. The number of benzene rings is 1. The Bertz CT molecular complexity index is 414. The second-order valence-electron chi connectivity index (χ2n) is 4.77. The van der Waals surface area contributed by atoms with Gasteiger partial charge in [-0.25, -0.2) is 0 Å². The highest BCUT2D eigenvalue weighted by Gasteiger charge is 2.25. The topological polar surface area (TPSA) is 58.7 Å². The van der Waals surface area contributed by atoms with E-state index in [-0.39, 0.29) is 12.7 Å². The van der Waals surface area contributed by atoms with Crippen molar-refractivity contribution >= 4 is 17.3 Å². The maximum atomic E-state index is 9.16. The fraction of sp³-hybridized carbons (Fsp3) is 0.538. The number of hydrogen-bond acceptors (Lipinski definition) is 4. The van der Waals surface area contributed by atoms with Crippen LogP contribution in [0.15, 0.2) is 18.2 Å². The number of anilines is 1. The number of morpholine rings is 1. The number of ether oxygens (including phenoxy) is 1. The van der Waals surface area contributed by atoms with E-state index in [9.17, 15) is 0 Å². The van der Waals surface area contributed by atoms with E-state index in [4.69, 9.17) is 27.2 Å². The molecule has 4 nitrogen and oxygen atoms in total. The van der Waals surface area contributed by atoms with Gasteiger partial charge in [-0.2, -0.15) is 0 Å². The molecule has 1 saturated heterocycles. The molecule has 2 rings (SSSR count). The zero-order chi connectivity index (χ0) is 13.1. The molecule has 18 heavy (non-hydrogen) atoms. The van der Waals surface area contributed by atoms with Crippen molar-refractivity contribution in [1.29, 1.82) is 0 Å². The van der Waals surface area contributed by atoms with Crippen LogP contribution in [0.4, 0.5) is 5.69 Å². The van der Waals surface area contributed by atoms with Crippen LogP contribution in [0, 0.1) is 0 Å². The molecule has 2 unspecified atom stereocenters.